The maximum Gasteiger partial charge on any atom is 0.142 e. The van der Waals surface area contributed by atoms with E-state index in [4.69, 9.17) is 4.74 Å². The topological polar surface area (TPSA) is 24.5 Å². The van der Waals surface area contributed by atoms with Crippen LogP contribution in [0.5, 0.6) is 5.75 Å². The summed E-state index contributed by atoms with van der Waals surface area (Å²) in [5.41, 5.74) is 1.15. The van der Waals surface area contributed by atoms with Gasteiger partial charge in [-0.25, -0.2) is 0 Å². The maximum absolute atomic E-state index is 5.34. The molecule has 0 saturated carbocycles. The van der Waals surface area contributed by atoms with Crippen molar-refractivity contribution in [3.05, 3.63) is 24.3 Å². The van der Waals surface area contributed by atoms with Crippen LogP contribution in [0.2, 0.25) is 0 Å². The molecule has 0 fully saturated rings. The van der Waals surface area contributed by atoms with Crippen LogP contribution >= 0.6 is 0 Å². The SMILES string of the molecule is CCNCCCN(C)c1ccccc1OC. The van der Waals surface area contributed by atoms with Crippen molar-refractivity contribution in [2.75, 3.05) is 38.7 Å². The molecule has 3 heteroatoms. The molecule has 90 valence electrons. The Morgan fingerprint density at radius 2 is 2.06 bits per heavy atom. The molecule has 16 heavy (non-hydrogen) atoms. The van der Waals surface area contributed by atoms with E-state index < -0.39 is 0 Å². The number of methoxy groups -OCH3 is 1. The van der Waals surface area contributed by atoms with E-state index in [2.05, 4.69) is 30.3 Å². The first-order chi connectivity index (χ1) is 7.79. The second-order valence-electron chi connectivity index (χ2n) is 3.80. The van der Waals surface area contributed by atoms with Gasteiger partial charge in [0.25, 0.3) is 0 Å². The number of anilines is 1. The number of para-hydroxylation sites is 2. The minimum atomic E-state index is 0.938. The number of nitrogens with zero attached hydrogens (tertiary/aromatic N) is 1. The quantitative estimate of drug-likeness (QED) is 0.715. The van der Waals surface area contributed by atoms with Crippen LogP contribution in [0.4, 0.5) is 5.69 Å². The van der Waals surface area contributed by atoms with E-state index in [-0.39, 0.29) is 0 Å². The monoisotopic (exact) mass is 222 g/mol. The minimum Gasteiger partial charge on any atom is -0.495 e. The third-order valence-electron chi connectivity index (χ3n) is 2.59. The molecule has 0 bridgehead atoms. The van der Waals surface area contributed by atoms with Gasteiger partial charge >= 0.3 is 0 Å². The first-order valence-electron chi connectivity index (χ1n) is 5.84. The number of nitrogens with one attached hydrogen (secondary N) is 1. The lowest BCUT2D eigenvalue weighted by molar-refractivity contribution is 0.414. The Bertz CT molecular complexity index is 302. The normalized spacial score (nSPS) is 10.2. The molecule has 0 unspecified atom stereocenters. The Morgan fingerprint density at radius 1 is 1.31 bits per heavy atom. The van der Waals surface area contributed by atoms with Crippen LogP contribution < -0.4 is 15.0 Å². The molecule has 0 spiro atoms. The van der Waals surface area contributed by atoms with E-state index in [0.717, 1.165) is 37.5 Å². The fourth-order valence-electron chi connectivity index (χ4n) is 1.68. The first kappa shape index (κ1) is 12.8. The summed E-state index contributed by atoms with van der Waals surface area (Å²) in [5.74, 6) is 0.938. The standard InChI is InChI=1S/C13H22N2O/c1-4-14-10-7-11-15(2)12-8-5-6-9-13(12)16-3/h5-6,8-9,14H,4,7,10-11H2,1-3H3. The lowest BCUT2D eigenvalue weighted by Crippen LogP contribution is -2.23. The van der Waals surface area contributed by atoms with Gasteiger partial charge in [-0.05, 0) is 31.6 Å². The van der Waals surface area contributed by atoms with Crippen molar-refractivity contribution >= 4 is 5.69 Å². The van der Waals surface area contributed by atoms with Crippen molar-refractivity contribution in [2.45, 2.75) is 13.3 Å². The number of benzene rings is 1. The molecule has 0 amide bonds. The highest BCUT2D eigenvalue weighted by Crippen LogP contribution is 2.26. The highest BCUT2D eigenvalue weighted by atomic mass is 16.5. The summed E-state index contributed by atoms with van der Waals surface area (Å²) in [5, 5.41) is 3.33. The fourth-order valence-corrected chi connectivity index (χ4v) is 1.68. The summed E-state index contributed by atoms with van der Waals surface area (Å²) >= 11 is 0. The van der Waals surface area contributed by atoms with Crippen LogP contribution in [-0.4, -0.2) is 33.8 Å². The fraction of sp³-hybridized carbons (Fsp3) is 0.538. The van der Waals surface area contributed by atoms with Crippen molar-refractivity contribution in [1.29, 1.82) is 0 Å². The Morgan fingerprint density at radius 3 is 2.75 bits per heavy atom. The zero-order valence-electron chi connectivity index (χ0n) is 10.5. The summed E-state index contributed by atoms with van der Waals surface area (Å²) < 4.78 is 5.34. The summed E-state index contributed by atoms with van der Waals surface area (Å²) in [7, 11) is 3.81. The van der Waals surface area contributed by atoms with Gasteiger partial charge in [0, 0.05) is 13.6 Å². The molecule has 1 N–H and O–H groups in total. The van der Waals surface area contributed by atoms with Crippen LogP contribution in [0, 0.1) is 0 Å². The molecule has 0 saturated heterocycles. The van der Waals surface area contributed by atoms with Crippen molar-refractivity contribution in [3.8, 4) is 5.75 Å². The van der Waals surface area contributed by atoms with Gasteiger partial charge in [-0.15, -0.1) is 0 Å². The number of hydrogen-bond acceptors (Lipinski definition) is 3. The van der Waals surface area contributed by atoms with E-state index in [9.17, 15) is 0 Å². The maximum atomic E-state index is 5.34. The average Bonchev–Trinajstić information content (AvgIpc) is 2.34. The summed E-state index contributed by atoms with van der Waals surface area (Å²) in [4.78, 5) is 2.23. The Balaban J connectivity index is 2.48. The second-order valence-corrected chi connectivity index (χ2v) is 3.80. The molecule has 0 aliphatic heterocycles. The molecule has 0 radical (unpaired) electrons. The van der Waals surface area contributed by atoms with E-state index in [1.807, 2.05) is 18.2 Å². The van der Waals surface area contributed by atoms with Crippen molar-refractivity contribution in [3.63, 3.8) is 0 Å². The highest BCUT2D eigenvalue weighted by molar-refractivity contribution is 5.57. The van der Waals surface area contributed by atoms with Crippen molar-refractivity contribution in [2.24, 2.45) is 0 Å². The van der Waals surface area contributed by atoms with Crippen LogP contribution in [0.15, 0.2) is 24.3 Å². The third kappa shape index (κ3) is 3.74. The van der Waals surface area contributed by atoms with Crippen molar-refractivity contribution in [1.82, 2.24) is 5.32 Å². The minimum absolute atomic E-state index is 0.938. The van der Waals surface area contributed by atoms with E-state index in [1.165, 1.54) is 0 Å². The van der Waals surface area contributed by atoms with E-state index >= 15 is 0 Å². The van der Waals surface area contributed by atoms with Gasteiger partial charge in [0.05, 0.1) is 12.8 Å². The number of rotatable bonds is 7. The largest absolute Gasteiger partial charge is 0.495 e. The number of ether oxygens (including phenoxy) is 1. The first-order valence-corrected chi connectivity index (χ1v) is 5.84. The predicted molar refractivity (Wildman–Crippen MR) is 69.4 cm³/mol. The van der Waals surface area contributed by atoms with Crippen LogP contribution in [-0.2, 0) is 0 Å². The molecule has 0 atom stereocenters. The van der Waals surface area contributed by atoms with Crippen LogP contribution in [0.25, 0.3) is 0 Å². The van der Waals surface area contributed by atoms with Gasteiger partial charge < -0.3 is 15.0 Å². The predicted octanol–water partition coefficient (Wildman–Crippen LogP) is 2.13. The molecule has 0 aromatic heterocycles. The lowest BCUT2D eigenvalue weighted by Gasteiger charge is -2.21. The average molecular weight is 222 g/mol. The molecule has 0 aliphatic rings. The molecular formula is C13H22N2O. The Labute approximate surface area is 98.4 Å². The lowest BCUT2D eigenvalue weighted by atomic mass is 10.2. The molecule has 1 aromatic rings. The van der Waals surface area contributed by atoms with Gasteiger partial charge in [0.1, 0.15) is 5.75 Å². The summed E-state index contributed by atoms with van der Waals surface area (Å²) in [6.07, 6.45) is 1.14. The molecule has 0 heterocycles. The molecule has 3 nitrogen and oxygen atoms in total. The van der Waals surface area contributed by atoms with Gasteiger partial charge in [0.2, 0.25) is 0 Å². The van der Waals surface area contributed by atoms with E-state index in [0.29, 0.717) is 0 Å². The van der Waals surface area contributed by atoms with Crippen LogP contribution in [0.3, 0.4) is 0 Å². The summed E-state index contributed by atoms with van der Waals surface area (Å²) in [6, 6.07) is 8.12. The molecule has 0 aliphatic carbocycles. The van der Waals surface area contributed by atoms with Crippen molar-refractivity contribution < 1.29 is 4.74 Å². The zero-order chi connectivity index (χ0) is 11.8. The molecule has 1 rings (SSSR count). The molecular weight excluding hydrogens is 200 g/mol. The van der Waals surface area contributed by atoms with E-state index in [1.54, 1.807) is 7.11 Å². The third-order valence-corrected chi connectivity index (χ3v) is 2.59. The number of hydrogen-bond donors (Lipinski definition) is 1. The second kappa shape index (κ2) is 7.12. The van der Waals surface area contributed by atoms with Gasteiger partial charge in [0.15, 0.2) is 0 Å². The summed E-state index contributed by atoms with van der Waals surface area (Å²) in [6.45, 7) is 5.27. The smallest absolute Gasteiger partial charge is 0.142 e. The van der Waals surface area contributed by atoms with Gasteiger partial charge in [-0.1, -0.05) is 19.1 Å². The van der Waals surface area contributed by atoms with Gasteiger partial charge in [-0.3, -0.25) is 0 Å². The zero-order valence-corrected chi connectivity index (χ0v) is 10.5. The van der Waals surface area contributed by atoms with Gasteiger partial charge in [-0.2, -0.15) is 0 Å². The van der Waals surface area contributed by atoms with Crippen LogP contribution in [0.1, 0.15) is 13.3 Å². The Kier molecular flexibility index (Phi) is 5.72. The Hall–Kier alpha value is -1.22. The highest BCUT2D eigenvalue weighted by Gasteiger charge is 2.05. The molecule has 1 aromatic carbocycles.